The van der Waals surface area contributed by atoms with Crippen LogP contribution in [0.5, 0.6) is 0 Å². The topological polar surface area (TPSA) is 58.2 Å². The van der Waals surface area contributed by atoms with Crippen LogP contribution in [-0.4, -0.2) is 30.3 Å². The van der Waals surface area contributed by atoms with Gasteiger partial charge in [0.1, 0.15) is 0 Å². The molecule has 96 valence electrons. The van der Waals surface area contributed by atoms with Gasteiger partial charge in [0, 0.05) is 19.3 Å². The van der Waals surface area contributed by atoms with Crippen molar-refractivity contribution in [1.29, 1.82) is 0 Å². The van der Waals surface area contributed by atoms with Gasteiger partial charge >= 0.3 is 0 Å². The zero-order chi connectivity index (χ0) is 12.5. The van der Waals surface area contributed by atoms with E-state index >= 15 is 0 Å². The Morgan fingerprint density at radius 3 is 2.71 bits per heavy atom. The summed E-state index contributed by atoms with van der Waals surface area (Å²) in [7, 11) is 0. The molecule has 2 aliphatic rings. The second kappa shape index (κ2) is 4.68. The summed E-state index contributed by atoms with van der Waals surface area (Å²) < 4.78 is 25.9. The molecule has 0 spiro atoms. The smallest absolute Gasteiger partial charge is 0.248 e. The van der Waals surface area contributed by atoms with E-state index in [9.17, 15) is 18.4 Å². The van der Waals surface area contributed by atoms with E-state index in [0.29, 0.717) is 25.8 Å². The molecule has 2 N–H and O–H groups in total. The molecule has 1 aliphatic heterocycles. The van der Waals surface area contributed by atoms with Crippen LogP contribution in [0.15, 0.2) is 0 Å². The molecule has 1 heterocycles. The summed E-state index contributed by atoms with van der Waals surface area (Å²) in [5.74, 6) is -3.22. The van der Waals surface area contributed by atoms with E-state index in [1.807, 2.05) is 0 Å². The van der Waals surface area contributed by atoms with Crippen LogP contribution in [0.2, 0.25) is 0 Å². The van der Waals surface area contributed by atoms with Gasteiger partial charge in [-0.2, -0.15) is 0 Å². The number of hydrogen-bond donors (Lipinski definition) is 2. The number of nitrogens with one attached hydrogen (secondary N) is 2. The number of carbonyl (C=O) groups is 2. The Balaban J connectivity index is 1.75. The molecule has 0 radical (unpaired) electrons. The highest BCUT2D eigenvalue weighted by atomic mass is 19.3. The van der Waals surface area contributed by atoms with Crippen LogP contribution in [0.1, 0.15) is 32.1 Å². The van der Waals surface area contributed by atoms with Crippen LogP contribution >= 0.6 is 0 Å². The molecule has 0 aromatic carbocycles. The molecule has 1 saturated carbocycles. The third-order valence-corrected chi connectivity index (χ3v) is 3.40. The Kier molecular flexibility index (Phi) is 3.42. The molecule has 0 bridgehead atoms. The fraction of sp³-hybridized carbons (Fsp3) is 0.818. The van der Waals surface area contributed by atoms with E-state index in [1.165, 1.54) is 0 Å². The van der Waals surface area contributed by atoms with Crippen molar-refractivity contribution in [2.24, 2.45) is 5.92 Å². The summed E-state index contributed by atoms with van der Waals surface area (Å²) in [4.78, 5) is 22.3. The lowest BCUT2D eigenvalue weighted by molar-refractivity contribution is -0.134. The molecule has 2 unspecified atom stereocenters. The van der Waals surface area contributed by atoms with Gasteiger partial charge in [-0.05, 0) is 25.3 Å². The predicted molar refractivity (Wildman–Crippen MR) is 56.5 cm³/mol. The maximum Gasteiger partial charge on any atom is 0.248 e. The minimum Gasteiger partial charge on any atom is -0.306 e. The van der Waals surface area contributed by atoms with Crippen molar-refractivity contribution in [3.8, 4) is 0 Å². The second-order valence-corrected chi connectivity index (χ2v) is 4.88. The van der Waals surface area contributed by atoms with Gasteiger partial charge in [0.15, 0.2) is 0 Å². The number of piperidine rings is 1. The molecule has 2 fully saturated rings. The average Bonchev–Trinajstić information content (AvgIpc) is 2.57. The lowest BCUT2D eigenvalue weighted by Crippen LogP contribution is -2.51. The summed E-state index contributed by atoms with van der Waals surface area (Å²) in [6.45, 7) is 0.419. The highest BCUT2D eigenvalue weighted by Crippen LogP contribution is 2.38. The number of rotatable bonds is 3. The zero-order valence-electron chi connectivity index (χ0n) is 9.47. The molecule has 0 aromatic rings. The SMILES string of the molecule is O=C1CCC(NCC2CCC(F)(F)C2)C(=O)N1. The molecule has 2 rings (SSSR count). The number of hydrogen-bond acceptors (Lipinski definition) is 3. The van der Waals surface area contributed by atoms with Gasteiger partial charge in [-0.25, -0.2) is 8.78 Å². The number of imide groups is 1. The van der Waals surface area contributed by atoms with Gasteiger partial charge in [0.2, 0.25) is 17.7 Å². The highest BCUT2D eigenvalue weighted by Gasteiger charge is 2.39. The number of alkyl halides is 2. The Bertz CT molecular complexity index is 333. The van der Waals surface area contributed by atoms with E-state index in [1.54, 1.807) is 0 Å². The van der Waals surface area contributed by atoms with Gasteiger partial charge in [-0.1, -0.05) is 0 Å². The van der Waals surface area contributed by atoms with Crippen LogP contribution < -0.4 is 10.6 Å². The fourth-order valence-electron chi connectivity index (χ4n) is 2.41. The quantitative estimate of drug-likeness (QED) is 0.725. The maximum absolute atomic E-state index is 12.9. The Hall–Kier alpha value is -1.04. The van der Waals surface area contributed by atoms with Gasteiger partial charge < -0.3 is 5.32 Å². The zero-order valence-corrected chi connectivity index (χ0v) is 9.47. The van der Waals surface area contributed by atoms with Crippen LogP contribution in [0, 0.1) is 5.92 Å². The first kappa shape index (κ1) is 12.4. The van der Waals surface area contributed by atoms with Crippen LogP contribution in [-0.2, 0) is 9.59 Å². The third-order valence-electron chi connectivity index (χ3n) is 3.40. The Morgan fingerprint density at radius 1 is 1.35 bits per heavy atom. The average molecular weight is 246 g/mol. The fourth-order valence-corrected chi connectivity index (χ4v) is 2.41. The standard InChI is InChI=1S/C11H16F2N2O2/c12-11(13)4-3-7(5-11)6-14-8-1-2-9(16)15-10(8)17/h7-8,14H,1-6H2,(H,15,16,17). The minimum atomic E-state index is -2.54. The summed E-state index contributed by atoms with van der Waals surface area (Å²) in [6, 6.07) is -0.415. The van der Waals surface area contributed by atoms with Crippen LogP contribution in [0.4, 0.5) is 8.78 Å². The lowest BCUT2D eigenvalue weighted by atomic mass is 10.0. The lowest BCUT2D eigenvalue weighted by Gasteiger charge is -2.23. The normalized spacial score (nSPS) is 32.6. The van der Waals surface area contributed by atoms with E-state index in [2.05, 4.69) is 10.6 Å². The van der Waals surface area contributed by atoms with Crippen molar-refractivity contribution in [1.82, 2.24) is 10.6 Å². The molecule has 1 aliphatic carbocycles. The molecule has 4 nitrogen and oxygen atoms in total. The first-order valence-corrected chi connectivity index (χ1v) is 5.91. The summed E-state index contributed by atoms with van der Waals surface area (Å²) in [5, 5.41) is 5.21. The maximum atomic E-state index is 12.9. The van der Waals surface area contributed by atoms with Gasteiger partial charge in [0.25, 0.3) is 0 Å². The first-order chi connectivity index (χ1) is 7.96. The second-order valence-electron chi connectivity index (χ2n) is 4.88. The van der Waals surface area contributed by atoms with Crippen LogP contribution in [0.3, 0.4) is 0 Å². The van der Waals surface area contributed by atoms with Gasteiger partial charge in [-0.3, -0.25) is 14.9 Å². The molecule has 6 heteroatoms. The van der Waals surface area contributed by atoms with Gasteiger partial charge in [0.05, 0.1) is 6.04 Å². The Labute approximate surface area is 98.1 Å². The van der Waals surface area contributed by atoms with Crippen molar-refractivity contribution < 1.29 is 18.4 Å². The monoisotopic (exact) mass is 246 g/mol. The molecule has 2 amide bonds. The predicted octanol–water partition coefficient (Wildman–Crippen LogP) is 0.817. The Morgan fingerprint density at radius 2 is 2.12 bits per heavy atom. The van der Waals surface area contributed by atoms with Gasteiger partial charge in [-0.15, -0.1) is 0 Å². The highest BCUT2D eigenvalue weighted by molar-refractivity contribution is 6.00. The number of halogens is 2. The minimum absolute atomic E-state index is 0.0608. The van der Waals surface area contributed by atoms with Crippen molar-refractivity contribution in [3.63, 3.8) is 0 Å². The van der Waals surface area contributed by atoms with E-state index in [4.69, 9.17) is 0 Å². The van der Waals surface area contributed by atoms with Crippen molar-refractivity contribution in [2.75, 3.05) is 6.54 Å². The molecule has 0 aromatic heterocycles. The first-order valence-electron chi connectivity index (χ1n) is 5.91. The molecule has 1 saturated heterocycles. The molecule has 17 heavy (non-hydrogen) atoms. The summed E-state index contributed by atoms with van der Waals surface area (Å²) >= 11 is 0. The number of amides is 2. The van der Waals surface area contributed by atoms with Crippen LogP contribution in [0.25, 0.3) is 0 Å². The molecular formula is C11H16F2N2O2. The van der Waals surface area contributed by atoms with Crippen molar-refractivity contribution >= 4 is 11.8 Å². The molecule has 2 atom stereocenters. The van der Waals surface area contributed by atoms with E-state index in [-0.39, 0.29) is 30.6 Å². The van der Waals surface area contributed by atoms with E-state index < -0.39 is 12.0 Å². The van der Waals surface area contributed by atoms with Crippen molar-refractivity contribution in [2.45, 2.75) is 44.1 Å². The van der Waals surface area contributed by atoms with E-state index in [0.717, 1.165) is 0 Å². The summed E-state index contributed by atoms with van der Waals surface area (Å²) in [6.07, 6.45) is 1.09. The summed E-state index contributed by atoms with van der Waals surface area (Å²) in [5.41, 5.74) is 0. The largest absolute Gasteiger partial charge is 0.306 e. The number of carbonyl (C=O) groups excluding carboxylic acids is 2. The molecular weight excluding hydrogens is 230 g/mol. The van der Waals surface area contributed by atoms with Crippen molar-refractivity contribution in [3.05, 3.63) is 0 Å². The third kappa shape index (κ3) is 3.21.